The standard InChI is InChI=1S/C12H18N2O2/c13-7-10(15)12(14)9-3-4-11-8(6-9)2-1-5-16-11/h3-4,6,10,12,15H,1-2,5,7,13-14H2. The Balaban J connectivity index is 2.22. The normalized spacial score (nSPS) is 18.4. The molecule has 88 valence electrons. The van der Waals surface area contributed by atoms with Gasteiger partial charge >= 0.3 is 0 Å². The summed E-state index contributed by atoms with van der Waals surface area (Å²) in [6.45, 7) is 0.957. The number of rotatable bonds is 3. The molecule has 0 fully saturated rings. The smallest absolute Gasteiger partial charge is 0.122 e. The molecule has 1 aromatic rings. The van der Waals surface area contributed by atoms with Crippen LogP contribution in [-0.4, -0.2) is 24.4 Å². The molecule has 0 bridgehead atoms. The second-order valence-corrected chi connectivity index (χ2v) is 4.15. The molecule has 0 aromatic heterocycles. The molecule has 2 rings (SSSR count). The topological polar surface area (TPSA) is 81.5 Å². The van der Waals surface area contributed by atoms with Crippen LogP contribution in [0.25, 0.3) is 0 Å². The number of aliphatic hydroxyl groups is 1. The van der Waals surface area contributed by atoms with E-state index >= 15 is 0 Å². The van der Waals surface area contributed by atoms with Crippen molar-refractivity contribution >= 4 is 0 Å². The molecule has 1 aliphatic heterocycles. The first-order chi connectivity index (χ1) is 7.72. The van der Waals surface area contributed by atoms with Gasteiger partial charge in [0.15, 0.2) is 0 Å². The summed E-state index contributed by atoms with van der Waals surface area (Å²) in [6, 6.07) is 5.41. The Bertz CT molecular complexity index is 368. The van der Waals surface area contributed by atoms with E-state index < -0.39 is 12.1 Å². The van der Waals surface area contributed by atoms with Gasteiger partial charge in [-0.2, -0.15) is 0 Å². The van der Waals surface area contributed by atoms with Gasteiger partial charge in [0.25, 0.3) is 0 Å². The molecule has 1 aliphatic rings. The number of aryl methyl sites for hydroxylation is 1. The molecular formula is C12H18N2O2. The lowest BCUT2D eigenvalue weighted by Crippen LogP contribution is -2.32. The third-order valence-corrected chi connectivity index (χ3v) is 2.97. The van der Waals surface area contributed by atoms with Gasteiger partial charge in [-0.3, -0.25) is 0 Å². The Morgan fingerprint density at radius 2 is 2.25 bits per heavy atom. The molecule has 0 saturated heterocycles. The fourth-order valence-corrected chi connectivity index (χ4v) is 1.96. The zero-order valence-electron chi connectivity index (χ0n) is 9.23. The van der Waals surface area contributed by atoms with Gasteiger partial charge in [0, 0.05) is 6.54 Å². The monoisotopic (exact) mass is 222 g/mol. The third-order valence-electron chi connectivity index (χ3n) is 2.97. The van der Waals surface area contributed by atoms with E-state index in [0.29, 0.717) is 0 Å². The van der Waals surface area contributed by atoms with E-state index in [0.717, 1.165) is 30.8 Å². The second kappa shape index (κ2) is 4.82. The highest BCUT2D eigenvalue weighted by Crippen LogP contribution is 2.27. The van der Waals surface area contributed by atoms with E-state index in [1.165, 1.54) is 5.56 Å². The van der Waals surface area contributed by atoms with E-state index in [4.69, 9.17) is 16.2 Å². The van der Waals surface area contributed by atoms with Crippen LogP contribution in [0, 0.1) is 0 Å². The van der Waals surface area contributed by atoms with Crippen molar-refractivity contribution < 1.29 is 9.84 Å². The molecule has 0 radical (unpaired) electrons. The summed E-state index contributed by atoms with van der Waals surface area (Å²) in [5.41, 5.74) is 13.4. The SMILES string of the molecule is NCC(O)C(N)c1ccc2c(c1)CCCO2. The minimum atomic E-state index is -0.692. The molecule has 0 saturated carbocycles. The van der Waals surface area contributed by atoms with Gasteiger partial charge in [-0.1, -0.05) is 12.1 Å². The average Bonchev–Trinajstić information content (AvgIpc) is 2.36. The second-order valence-electron chi connectivity index (χ2n) is 4.15. The summed E-state index contributed by atoms with van der Waals surface area (Å²) in [6.07, 6.45) is 1.35. The molecule has 0 aliphatic carbocycles. The first-order valence-electron chi connectivity index (χ1n) is 5.61. The van der Waals surface area contributed by atoms with Crippen LogP contribution < -0.4 is 16.2 Å². The Kier molecular flexibility index (Phi) is 3.43. The maximum Gasteiger partial charge on any atom is 0.122 e. The summed E-state index contributed by atoms with van der Waals surface area (Å²) in [7, 11) is 0. The van der Waals surface area contributed by atoms with Gasteiger partial charge in [-0.15, -0.1) is 0 Å². The minimum Gasteiger partial charge on any atom is -0.493 e. The lowest BCUT2D eigenvalue weighted by molar-refractivity contribution is 0.153. The van der Waals surface area contributed by atoms with Gasteiger partial charge in [-0.25, -0.2) is 0 Å². The molecule has 0 amide bonds. The number of ether oxygens (including phenoxy) is 1. The third kappa shape index (κ3) is 2.19. The highest BCUT2D eigenvalue weighted by molar-refractivity contribution is 5.39. The maximum atomic E-state index is 9.60. The van der Waals surface area contributed by atoms with Crippen molar-refractivity contribution in [3.63, 3.8) is 0 Å². The molecule has 1 aromatic carbocycles. The van der Waals surface area contributed by atoms with E-state index in [1.54, 1.807) is 0 Å². The molecule has 5 N–H and O–H groups in total. The number of hydrogen-bond donors (Lipinski definition) is 3. The largest absolute Gasteiger partial charge is 0.493 e. The summed E-state index contributed by atoms with van der Waals surface area (Å²) in [4.78, 5) is 0. The molecule has 4 heteroatoms. The number of nitrogens with two attached hydrogens (primary N) is 2. The van der Waals surface area contributed by atoms with E-state index in [-0.39, 0.29) is 6.54 Å². The minimum absolute atomic E-state index is 0.175. The van der Waals surface area contributed by atoms with Gasteiger partial charge in [0.1, 0.15) is 5.75 Å². The van der Waals surface area contributed by atoms with Crippen LogP contribution in [0.3, 0.4) is 0 Å². The lowest BCUT2D eigenvalue weighted by Gasteiger charge is -2.22. The molecule has 16 heavy (non-hydrogen) atoms. The van der Waals surface area contributed by atoms with E-state index in [9.17, 15) is 5.11 Å². The number of benzene rings is 1. The van der Waals surface area contributed by atoms with Crippen molar-refractivity contribution in [1.29, 1.82) is 0 Å². The lowest BCUT2D eigenvalue weighted by atomic mass is 9.97. The van der Waals surface area contributed by atoms with Crippen LogP contribution in [0.1, 0.15) is 23.6 Å². The molecule has 4 nitrogen and oxygen atoms in total. The van der Waals surface area contributed by atoms with Crippen molar-refractivity contribution in [2.45, 2.75) is 25.0 Å². The first-order valence-corrected chi connectivity index (χ1v) is 5.61. The molecule has 0 spiro atoms. The van der Waals surface area contributed by atoms with Gasteiger partial charge in [0.05, 0.1) is 18.8 Å². The van der Waals surface area contributed by atoms with Crippen molar-refractivity contribution in [3.8, 4) is 5.75 Å². The highest BCUT2D eigenvalue weighted by Gasteiger charge is 2.18. The summed E-state index contributed by atoms with van der Waals surface area (Å²) >= 11 is 0. The Morgan fingerprint density at radius 1 is 1.44 bits per heavy atom. The quantitative estimate of drug-likeness (QED) is 0.688. The van der Waals surface area contributed by atoms with Crippen LogP contribution in [0.2, 0.25) is 0 Å². The summed E-state index contributed by atoms with van der Waals surface area (Å²) in [5, 5.41) is 9.60. The van der Waals surface area contributed by atoms with Crippen LogP contribution in [-0.2, 0) is 6.42 Å². The van der Waals surface area contributed by atoms with Crippen molar-refractivity contribution in [1.82, 2.24) is 0 Å². The zero-order valence-corrected chi connectivity index (χ0v) is 9.23. The van der Waals surface area contributed by atoms with Gasteiger partial charge in [0.2, 0.25) is 0 Å². The van der Waals surface area contributed by atoms with Crippen molar-refractivity contribution in [2.75, 3.05) is 13.2 Å². The van der Waals surface area contributed by atoms with Crippen molar-refractivity contribution in [3.05, 3.63) is 29.3 Å². The summed E-state index contributed by atoms with van der Waals surface area (Å²) < 4.78 is 5.52. The van der Waals surface area contributed by atoms with Crippen LogP contribution in [0.5, 0.6) is 5.75 Å². The van der Waals surface area contributed by atoms with Crippen LogP contribution >= 0.6 is 0 Å². The van der Waals surface area contributed by atoms with Crippen LogP contribution in [0.4, 0.5) is 0 Å². The molecule has 1 heterocycles. The predicted octanol–water partition coefficient (Wildman–Crippen LogP) is 0.331. The first kappa shape index (κ1) is 11.4. The van der Waals surface area contributed by atoms with E-state index in [2.05, 4.69) is 0 Å². The fourth-order valence-electron chi connectivity index (χ4n) is 1.96. The van der Waals surface area contributed by atoms with Crippen LogP contribution in [0.15, 0.2) is 18.2 Å². The maximum absolute atomic E-state index is 9.60. The summed E-state index contributed by atoms with van der Waals surface area (Å²) in [5.74, 6) is 0.935. The van der Waals surface area contributed by atoms with Crippen molar-refractivity contribution in [2.24, 2.45) is 11.5 Å². The fraction of sp³-hybridized carbons (Fsp3) is 0.500. The average molecular weight is 222 g/mol. The molecular weight excluding hydrogens is 204 g/mol. The highest BCUT2D eigenvalue weighted by atomic mass is 16.5. The van der Waals surface area contributed by atoms with E-state index in [1.807, 2.05) is 18.2 Å². The van der Waals surface area contributed by atoms with Gasteiger partial charge in [-0.05, 0) is 30.0 Å². The Hall–Kier alpha value is -1.10. The number of fused-ring (bicyclic) bond motifs is 1. The molecule has 2 atom stereocenters. The number of aliphatic hydroxyl groups excluding tert-OH is 1. The van der Waals surface area contributed by atoms with Gasteiger partial charge < -0.3 is 21.3 Å². The Morgan fingerprint density at radius 3 is 3.00 bits per heavy atom. The molecule has 2 unspecified atom stereocenters. The number of hydrogen-bond acceptors (Lipinski definition) is 4. The predicted molar refractivity (Wildman–Crippen MR) is 62.2 cm³/mol. The Labute approximate surface area is 95.2 Å². The zero-order chi connectivity index (χ0) is 11.5.